The highest BCUT2D eigenvalue weighted by atomic mass is 19.3. The molecule has 5 aromatic rings. The summed E-state index contributed by atoms with van der Waals surface area (Å²) in [6, 6.07) is 18.9. The summed E-state index contributed by atoms with van der Waals surface area (Å²) in [5.74, 6) is 0.418. The van der Waals surface area contributed by atoms with Crippen LogP contribution in [0.3, 0.4) is 0 Å². The van der Waals surface area contributed by atoms with E-state index in [1.807, 2.05) is 18.2 Å². The molecule has 5 rings (SSSR count). The standard InChI is InChI=1S/C29H26F2N4O2/c1-3-27(36)32-9-10-37-26-14-19(12-18-6-4-5-17(2)11-18)13-23-22(26)16-25(33-23)28-21-8-7-20(29(30)31)15-24(21)34-35-28/h3-8,11,13-16,29,33H,1,9-10,12H2,2H3,(H,32,36)(H,34,35). The molecule has 1 amide bonds. The van der Waals surface area contributed by atoms with E-state index in [4.69, 9.17) is 4.74 Å². The first-order valence-electron chi connectivity index (χ1n) is 11.9. The summed E-state index contributed by atoms with van der Waals surface area (Å²) >= 11 is 0. The molecule has 8 heteroatoms. The Labute approximate surface area is 212 Å². The van der Waals surface area contributed by atoms with Gasteiger partial charge in [0.15, 0.2) is 0 Å². The Hall–Kier alpha value is -4.46. The Morgan fingerprint density at radius 3 is 2.73 bits per heavy atom. The van der Waals surface area contributed by atoms with E-state index in [2.05, 4.69) is 58.3 Å². The van der Waals surface area contributed by atoms with Crippen LogP contribution in [0.1, 0.15) is 28.7 Å². The van der Waals surface area contributed by atoms with Crippen LogP contribution in [-0.4, -0.2) is 34.2 Å². The Balaban J connectivity index is 1.52. The number of fused-ring (bicyclic) bond motifs is 2. The number of aromatic amines is 2. The van der Waals surface area contributed by atoms with Gasteiger partial charge in [-0.25, -0.2) is 8.78 Å². The lowest BCUT2D eigenvalue weighted by Crippen LogP contribution is -2.26. The zero-order valence-corrected chi connectivity index (χ0v) is 20.3. The molecule has 0 saturated carbocycles. The fourth-order valence-corrected chi connectivity index (χ4v) is 4.45. The number of halogens is 2. The van der Waals surface area contributed by atoms with E-state index in [1.54, 1.807) is 6.07 Å². The van der Waals surface area contributed by atoms with Gasteiger partial charge in [0.25, 0.3) is 6.43 Å². The summed E-state index contributed by atoms with van der Waals surface area (Å²) in [4.78, 5) is 14.9. The summed E-state index contributed by atoms with van der Waals surface area (Å²) in [5.41, 5.74) is 6.16. The molecule has 0 aliphatic carbocycles. The van der Waals surface area contributed by atoms with Crippen molar-refractivity contribution in [3.63, 3.8) is 0 Å². The van der Waals surface area contributed by atoms with Gasteiger partial charge in [-0.2, -0.15) is 5.10 Å². The lowest BCUT2D eigenvalue weighted by Gasteiger charge is -2.11. The number of hydrogen-bond acceptors (Lipinski definition) is 3. The van der Waals surface area contributed by atoms with Gasteiger partial charge >= 0.3 is 0 Å². The zero-order chi connectivity index (χ0) is 25.9. The summed E-state index contributed by atoms with van der Waals surface area (Å²) in [6.45, 7) is 6.14. The average Bonchev–Trinajstić information content (AvgIpc) is 3.50. The fourth-order valence-electron chi connectivity index (χ4n) is 4.45. The van der Waals surface area contributed by atoms with Gasteiger partial charge in [0, 0.05) is 21.9 Å². The number of amides is 1. The highest BCUT2D eigenvalue weighted by Gasteiger charge is 2.16. The molecular formula is C29H26F2N4O2. The third-order valence-electron chi connectivity index (χ3n) is 6.19. The number of aryl methyl sites for hydroxylation is 1. The van der Waals surface area contributed by atoms with Crippen LogP contribution in [0.25, 0.3) is 33.2 Å². The summed E-state index contributed by atoms with van der Waals surface area (Å²) in [7, 11) is 0. The van der Waals surface area contributed by atoms with Crippen LogP contribution >= 0.6 is 0 Å². The van der Waals surface area contributed by atoms with Crippen LogP contribution in [0.2, 0.25) is 0 Å². The highest BCUT2D eigenvalue weighted by molar-refractivity contribution is 5.97. The number of H-pyrrole nitrogens is 2. The lowest BCUT2D eigenvalue weighted by atomic mass is 10.0. The van der Waals surface area contributed by atoms with E-state index < -0.39 is 6.43 Å². The first-order chi connectivity index (χ1) is 17.9. The van der Waals surface area contributed by atoms with Gasteiger partial charge in [0.05, 0.1) is 17.8 Å². The number of benzene rings is 3. The molecule has 188 valence electrons. The molecule has 0 atom stereocenters. The van der Waals surface area contributed by atoms with Crippen LogP contribution < -0.4 is 10.1 Å². The van der Waals surface area contributed by atoms with Crippen molar-refractivity contribution < 1.29 is 18.3 Å². The number of aromatic nitrogens is 3. The monoisotopic (exact) mass is 500 g/mol. The third-order valence-corrected chi connectivity index (χ3v) is 6.19. The van der Waals surface area contributed by atoms with Crippen molar-refractivity contribution in [1.29, 1.82) is 0 Å². The summed E-state index contributed by atoms with van der Waals surface area (Å²) in [5, 5.41) is 11.6. The van der Waals surface area contributed by atoms with Crippen LogP contribution in [0.5, 0.6) is 5.75 Å². The van der Waals surface area contributed by atoms with Gasteiger partial charge in [-0.3, -0.25) is 9.89 Å². The number of rotatable bonds is 9. The van der Waals surface area contributed by atoms with E-state index >= 15 is 0 Å². The van der Waals surface area contributed by atoms with Gasteiger partial charge in [-0.1, -0.05) is 48.5 Å². The average molecular weight is 501 g/mol. The van der Waals surface area contributed by atoms with E-state index in [9.17, 15) is 13.6 Å². The molecule has 6 nitrogen and oxygen atoms in total. The van der Waals surface area contributed by atoms with Gasteiger partial charge in [0.2, 0.25) is 5.91 Å². The molecule has 2 heterocycles. The van der Waals surface area contributed by atoms with Gasteiger partial charge in [-0.15, -0.1) is 0 Å². The number of alkyl halides is 2. The molecule has 0 aliphatic heterocycles. The molecule has 0 unspecified atom stereocenters. The second kappa shape index (κ2) is 10.3. The molecule has 0 fully saturated rings. The topological polar surface area (TPSA) is 82.8 Å². The number of carbonyl (C=O) groups excluding carboxylic acids is 1. The second-order valence-corrected chi connectivity index (χ2v) is 8.93. The van der Waals surface area contributed by atoms with Crippen molar-refractivity contribution in [2.45, 2.75) is 19.8 Å². The predicted molar refractivity (Wildman–Crippen MR) is 141 cm³/mol. The SMILES string of the molecule is C=CC(=O)NCCOc1cc(Cc2cccc(C)c2)cc2[nH]c(-c3n[nH]c4cc(C(F)F)ccc34)cc12. The predicted octanol–water partition coefficient (Wildman–Crippen LogP) is 6.23. The number of hydrogen-bond donors (Lipinski definition) is 3. The summed E-state index contributed by atoms with van der Waals surface area (Å²) < 4.78 is 32.4. The molecule has 0 saturated heterocycles. The second-order valence-electron chi connectivity index (χ2n) is 8.93. The van der Waals surface area contributed by atoms with Crippen LogP contribution in [0.4, 0.5) is 8.78 Å². The van der Waals surface area contributed by atoms with Crippen LogP contribution in [-0.2, 0) is 11.2 Å². The molecular weight excluding hydrogens is 474 g/mol. The van der Waals surface area contributed by atoms with Crippen molar-refractivity contribution in [2.75, 3.05) is 13.2 Å². The Kier molecular flexibility index (Phi) is 6.72. The number of nitrogens with one attached hydrogen (secondary N) is 3. The van der Waals surface area contributed by atoms with Crippen molar-refractivity contribution in [1.82, 2.24) is 20.5 Å². The minimum absolute atomic E-state index is 0.0561. The van der Waals surface area contributed by atoms with E-state index in [-0.39, 0.29) is 18.1 Å². The Morgan fingerprint density at radius 2 is 1.95 bits per heavy atom. The number of ether oxygens (including phenoxy) is 1. The molecule has 2 aromatic heterocycles. The maximum atomic E-state index is 13.1. The van der Waals surface area contributed by atoms with Crippen LogP contribution in [0.15, 0.2) is 73.3 Å². The maximum absolute atomic E-state index is 13.1. The normalized spacial score (nSPS) is 11.4. The Morgan fingerprint density at radius 1 is 1.08 bits per heavy atom. The Bertz CT molecular complexity index is 1600. The van der Waals surface area contributed by atoms with E-state index in [0.717, 1.165) is 34.0 Å². The first kappa shape index (κ1) is 24.2. The van der Waals surface area contributed by atoms with E-state index in [0.29, 0.717) is 23.5 Å². The quantitative estimate of drug-likeness (QED) is 0.166. The molecule has 0 spiro atoms. The molecule has 3 aromatic carbocycles. The van der Waals surface area contributed by atoms with Gasteiger partial charge < -0.3 is 15.0 Å². The summed E-state index contributed by atoms with van der Waals surface area (Å²) in [6.07, 6.45) is -0.610. The van der Waals surface area contributed by atoms with Crippen molar-refractivity contribution in [2.24, 2.45) is 0 Å². The van der Waals surface area contributed by atoms with Crippen molar-refractivity contribution in [3.05, 3.63) is 95.6 Å². The number of nitrogens with zero attached hydrogens (tertiary/aromatic N) is 1. The van der Waals surface area contributed by atoms with E-state index in [1.165, 1.54) is 29.3 Å². The molecule has 0 bridgehead atoms. The smallest absolute Gasteiger partial charge is 0.263 e. The van der Waals surface area contributed by atoms with Crippen LogP contribution in [0, 0.1) is 6.92 Å². The minimum Gasteiger partial charge on any atom is -0.491 e. The number of carbonyl (C=O) groups is 1. The van der Waals surface area contributed by atoms with Gasteiger partial charge in [0.1, 0.15) is 18.1 Å². The molecule has 0 radical (unpaired) electrons. The highest BCUT2D eigenvalue weighted by Crippen LogP contribution is 2.35. The first-order valence-corrected chi connectivity index (χ1v) is 11.9. The minimum atomic E-state index is -2.55. The van der Waals surface area contributed by atoms with Crippen molar-refractivity contribution in [3.8, 4) is 17.1 Å². The molecule has 3 N–H and O–H groups in total. The van der Waals surface area contributed by atoms with Gasteiger partial charge in [-0.05, 0) is 54.8 Å². The maximum Gasteiger partial charge on any atom is 0.263 e. The van der Waals surface area contributed by atoms with Crippen molar-refractivity contribution >= 4 is 27.7 Å². The third kappa shape index (κ3) is 5.23. The largest absolute Gasteiger partial charge is 0.491 e. The molecule has 37 heavy (non-hydrogen) atoms. The fraction of sp³-hybridized carbons (Fsp3) is 0.172. The lowest BCUT2D eigenvalue weighted by molar-refractivity contribution is -0.116. The zero-order valence-electron chi connectivity index (χ0n) is 20.3. The molecule has 0 aliphatic rings.